The quantitative estimate of drug-likeness (QED) is 0.489. The predicted molar refractivity (Wildman–Crippen MR) is 159 cm³/mol. The van der Waals surface area contributed by atoms with Crippen LogP contribution < -0.4 is 9.64 Å². The van der Waals surface area contributed by atoms with Gasteiger partial charge in [0.15, 0.2) is 0 Å². The minimum Gasteiger partial charge on any atom is -0.492 e. The third kappa shape index (κ3) is 8.29. The van der Waals surface area contributed by atoms with Crippen molar-refractivity contribution < 1.29 is 19.1 Å². The van der Waals surface area contributed by atoms with Crippen molar-refractivity contribution in [3.63, 3.8) is 0 Å². The Hall–Kier alpha value is -2.94. The molecule has 0 bridgehead atoms. The van der Waals surface area contributed by atoms with Crippen molar-refractivity contribution in [2.45, 2.75) is 52.1 Å². The van der Waals surface area contributed by atoms with E-state index in [-0.39, 0.29) is 18.4 Å². The van der Waals surface area contributed by atoms with Gasteiger partial charge in [-0.3, -0.25) is 19.4 Å². The molecule has 0 aliphatic carbocycles. The zero-order valence-electron chi connectivity index (χ0n) is 24.5. The van der Waals surface area contributed by atoms with E-state index in [1.807, 2.05) is 58.3 Å². The number of hydrogen-bond acceptors (Lipinski definition) is 6. The molecule has 1 saturated heterocycles. The van der Waals surface area contributed by atoms with Gasteiger partial charge in [-0.05, 0) is 82.1 Å². The summed E-state index contributed by atoms with van der Waals surface area (Å²) in [7, 11) is 1.54. The van der Waals surface area contributed by atoms with Gasteiger partial charge >= 0.3 is 0 Å². The van der Waals surface area contributed by atoms with E-state index in [0.717, 1.165) is 56.1 Å². The molecule has 8 nitrogen and oxygen atoms in total. The van der Waals surface area contributed by atoms with Crippen LogP contribution in [0.5, 0.6) is 5.75 Å². The Balaban J connectivity index is 1.50. The summed E-state index contributed by atoms with van der Waals surface area (Å²) in [6.07, 6.45) is 4.71. The summed E-state index contributed by atoms with van der Waals surface area (Å²) < 4.78 is 11.2. The molecule has 0 aromatic heterocycles. The molecule has 0 N–H and O–H groups in total. The van der Waals surface area contributed by atoms with E-state index in [2.05, 4.69) is 23.6 Å². The van der Waals surface area contributed by atoms with Gasteiger partial charge in [-0.25, -0.2) is 0 Å². The van der Waals surface area contributed by atoms with Gasteiger partial charge in [0.1, 0.15) is 19.0 Å². The van der Waals surface area contributed by atoms with E-state index < -0.39 is 0 Å². The smallest absolute Gasteiger partial charge is 0.254 e. The molecule has 0 saturated carbocycles. The number of carbonyl (C=O) groups is 2. The average Bonchev–Trinajstić information content (AvgIpc) is 3.00. The third-order valence-corrected chi connectivity index (χ3v) is 7.94. The second kappa shape index (κ2) is 15.2. The molecule has 0 spiro atoms. The molecule has 0 radical (unpaired) electrons. The van der Waals surface area contributed by atoms with E-state index in [1.54, 1.807) is 7.11 Å². The highest BCUT2D eigenvalue weighted by molar-refractivity contribution is 5.96. The van der Waals surface area contributed by atoms with Crippen molar-refractivity contribution in [3.05, 3.63) is 59.7 Å². The highest BCUT2D eigenvalue weighted by atomic mass is 16.5. The number of para-hydroxylation sites is 1. The van der Waals surface area contributed by atoms with Crippen LogP contribution in [0.15, 0.2) is 48.5 Å². The lowest BCUT2D eigenvalue weighted by atomic mass is 10.1. The molecular weight excluding hydrogens is 504 g/mol. The number of piperidine rings is 1. The molecule has 1 fully saturated rings. The fourth-order valence-electron chi connectivity index (χ4n) is 5.61. The SMILES string of the molecule is COCC(=O)N1CCCN(C(C)C)CCN(C(=O)c2ccc(OCCN3CCCCC3)cc2)Cc2ccccc21. The number of benzene rings is 2. The van der Waals surface area contributed by atoms with Crippen molar-refractivity contribution in [2.75, 3.05) is 71.0 Å². The number of likely N-dealkylation sites (tertiary alicyclic amines) is 1. The van der Waals surface area contributed by atoms with Crippen LogP contribution in [0.25, 0.3) is 0 Å². The Morgan fingerprint density at radius 2 is 1.60 bits per heavy atom. The summed E-state index contributed by atoms with van der Waals surface area (Å²) in [5.41, 5.74) is 2.44. The Morgan fingerprint density at radius 3 is 2.33 bits per heavy atom. The molecule has 4 rings (SSSR count). The molecule has 2 aliphatic heterocycles. The lowest BCUT2D eigenvalue weighted by Gasteiger charge is -2.30. The summed E-state index contributed by atoms with van der Waals surface area (Å²) in [6.45, 7) is 11.5. The second-order valence-corrected chi connectivity index (χ2v) is 11.1. The van der Waals surface area contributed by atoms with Crippen molar-refractivity contribution >= 4 is 17.5 Å². The Labute approximate surface area is 239 Å². The van der Waals surface area contributed by atoms with E-state index in [1.165, 1.54) is 19.3 Å². The first kappa shape index (κ1) is 30.0. The minimum absolute atomic E-state index is 0.0209. The molecule has 0 unspecified atom stereocenters. The number of carbonyl (C=O) groups excluding carboxylic acids is 2. The molecule has 40 heavy (non-hydrogen) atoms. The normalized spacial score (nSPS) is 17.8. The molecule has 2 heterocycles. The van der Waals surface area contributed by atoms with Crippen molar-refractivity contribution in [2.24, 2.45) is 0 Å². The summed E-state index contributed by atoms with van der Waals surface area (Å²) in [6, 6.07) is 15.8. The fraction of sp³-hybridized carbons (Fsp3) is 0.562. The molecule has 2 aromatic rings. The molecule has 2 amide bonds. The van der Waals surface area contributed by atoms with Crippen LogP contribution in [-0.4, -0.2) is 98.7 Å². The molecular formula is C32H46N4O4. The summed E-state index contributed by atoms with van der Waals surface area (Å²) in [4.78, 5) is 35.5. The first-order valence-corrected chi connectivity index (χ1v) is 14.8. The van der Waals surface area contributed by atoms with Crippen LogP contribution >= 0.6 is 0 Å². The molecule has 8 heteroatoms. The predicted octanol–water partition coefficient (Wildman–Crippen LogP) is 4.29. The fourth-order valence-corrected chi connectivity index (χ4v) is 5.61. The summed E-state index contributed by atoms with van der Waals surface area (Å²) in [5.74, 6) is 0.695. The number of anilines is 1. The molecule has 2 aliphatic rings. The number of rotatable bonds is 8. The molecule has 218 valence electrons. The van der Waals surface area contributed by atoms with Gasteiger partial charge in [-0.1, -0.05) is 24.6 Å². The van der Waals surface area contributed by atoms with E-state index in [9.17, 15) is 9.59 Å². The second-order valence-electron chi connectivity index (χ2n) is 11.1. The first-order valence-electron chi connectivity index (χ1n) is 14.8. The maximum Gasteiger partial charge on any atom is 0.254 e. The van der Waals surface area contributed by atoms with Crippen LogP contribution in [0, 0.1) is 0 Å². The van der Waals surface area contributed by atoms with Gasteiger partial charge in [-0.15, -0.1) is 0 Å². The first-order chi connectivity index (χ1) is 19.5. The average molecular weight is 551 g/mol. The van der Waals surface area contributed by atoms with Gasteiger partial charge in [0.25, 0.3) is 11.8 Å². The zero-order chi connectivity index (χ0) is 28.3. The lowest BCUT2D eigenvalue weighted by Crippen LogP contribution is -2.41. The van der Waals surface area contributed by atoms with Crippen LogP contribution in [0.4, 0.5) is 5.69 Å². The summed E-state index contributed by atoms with van der Waals surface area (Å²) >= 11 is 0. The number of fused-ring (bicyclic) bond motifs is 1. The van der Waals surface area contributed by atoms with E-state index >= 15 is 0 Å². The van der Waals surface area contributed by atoms with Gasteiger partial charge < -0.3 is 19.3 Å². The maximum atomic E-state index is 13.8. The van der Waals surface area contributed by atoms with Crippen molar-refractivity contribution in [1.29, 1.82) is 0 Å². The Bertz CT molecular complexity index is 1080. The Kier molecular flexibility index (Phi) is 11.4. The number of nitrogens with zero attached hydrogens (tertiary/aromatic N) is 4. The number of methoxy groups -OCH3 is 1. The highest BCUT2D eigenvalue weighted by Gasteiger charge is 2.25. The van der Waals surface area contributed by atoms with Gasteiger partial charge in [0.05, 0.1) is 0 Å². The largest absolute Gasteiger partial charge is 0.492 e. The standard InChI is InChI=1S/C32H46N4O4/c1-26(2)34-18-9-19-36(31(37)25-39-3)30-11-6-5-10-28(30)24-35(21-20-34)32(38)27-12-14-29(15-13-27)40-23-22-33-16-7-4-8-17-33/h5-6,10-15,26H,4,7-9,16-25H2,1-3H3. The minimum atomic E-state index is -0.0703. The van der Waals surface area contributed by atoms with Crippen LogP contribution in [0.2, 0.25) is 0 Å². The van der Waals surface area contributed by atoms with Gasteiger partial charge in [0.2, 0.25) is 0 Å². The van der Waals surface area contributed by atoms with Gasteiger partial charge in [-0.2, -0.15) is 0 Å². The van der Waals surface area contributed by atoms with E-state index in [0.29, 0.717) is 37.8 Å². The number of hydrogen-bond donors (Lipinski definition) is 0. The van der Waals surface area contributed by atoms with Crippen molar-refractivity contribution in [1.82, 2.24) is 14.7 Å². The van der Waals surface area contributed by atoms with Gasteiger partial charge in [0, 0.05) is 63.7 Å². The number of amides is 2. The third-order valence-electron chi connectivity index (χ3n) is 7.94. The van der Waals surface area contributed by atoms with E-state index in [4.69, 9.17) is 9.47 Å². The molecule has 0 atom stereocenters. The van der Waals surface area contributed by atoms with Crippen molar-refractivity contribution in [3.8, 4) is 5.75 Å². The number of ether oxygens (including phenoxy) is 2. The maximum absolute atomic E-state index is 13.8. The monoisotopic (exact) mass is 550 g/mol. The topological polar surface area (TPSA) is 65.6 Å². The highest BCUT2D eigenvalue weighted by Crippen LogP contribution is 2.25. The van der Waals surface area contributed by atoms with Crippen LogP contribution in [-0.2, 0) is 16.1 Å². The van der Waals surface area contributed by atoms with Crippen LogP contribution in [0.3, 0.4) is 0 Å². The van der Waals surface area contributed by atoms with Crippen LogP contribution in [0.1, 0.15) is 55.5 Å². The summed E-state index contributed by atoms with van der Waals surface area (Å²) in [5, 5.41) is 0. The Morgan fingerprint density at radius 1 is 0.850 bits per heavy atom. The zero-order valence-corrected chi connectivity index (χ0v) is 24.5. The molecule has 2 aromatic carbocycles. The lowest BCUT2D eigenvalue weighted by molar-refractivity contribution is -0.122.